The van der Waals surface area contributed by atoms with Gasteiger partial charge in [-0.25, -0.2) is 4.79 Å². The lowest BCUT2D eigenvalue weighted by atomic mass is 10.0. The number of carbonyl (C=O) groups excluding carboxylic acids is 1. The molecule has 0 aliphatic heterocycles. The van der Waals surface area contributed by atoms with Crippen molar-refractivity contribution in [2.45, 2.75) is 33.8 Å². The summed E-state index contributed by atoms with van der Waals surface area (Å²) in [5.41, 5.74) is 4.97. The third-order valence-corrected chi connectivity index (χ3v) is 4.60. The van der Waals surface area contributed by atoms with E-state index in [2.05, 4.69) is 64.2 Å². The number of hydrogen-bond acceptors (Lipinski definition) is 2. The van der Waals surface area contributed by atoms with Crippen LogP contribution in [0, 0.1) is 0 Å². The molecular weight excluding hydrogens is 336 g/mol. The number of carbonyl (C=O) groups is 1. The Morgan fingerprint density at radius 2 is 1.70 bits per heavy atom. The first-order chi connectivity index (χ1) is 12.2. The molecule has 1 N–H and O–H groups in total. The quantitative estimate of drug-likeness (QED) is 0.479. The maximum Gasteiger partial charge on any atom is 0.338 e. The van der Waals surface area contributed by atoms with Crippen LogP contribution < -0.4 is 4.48 Å². The Morgan fingerprint density at radius 3 is 2.30 bits per heavy atom. The SMILES string of the molecule is C.CC(C)c1ccc2[nH]c(COC(=O)c3ccc([N+](C)(C)C)cc3)cc2c1. The maximum absolute atomic E-state index is 12.3. The van der Waals surface area contributed by atoms with Crippen LogP contribution >= 0.6 is 0 Å². The van der Waals surface area contributed by atoms with E-state index in [1.165, 1.54) is 5.56 Å². The molecule has 3 rings (SSSR count). The van der Waals surface area contributed by atoms with E-state index < -0.39 is 0 Å². The van der Waals surface area contributed by atoms with Crippen molar-refractivity contribution < 1.29 is 9.53 Å². The van der Waals surface area contributed by atoms with E-state index in [1.54, 1.807) is 0 Å². The molecule has 0 radical (unpaired) electrons. The van der Waals surface area contributed by atoms with Crippen LogP contribution in [-0.4, -0.2) is 32.1 Å². The predicted octanol–water partition coefficient (Wildman–Crippen LogP) is 5.48. The minimum absolute atomic E-state index is 0. The first-order valence-electron chi connectivity index (χ1n) is 8.95. The summed E-state index contributed by atoms with van der Waals surface area (Å²) in [7, 11) is 6.27. The number of benzene rings is 2. The van der Waals surface area contributed by atoms with Crippen molar-refractivity contribution in [3.05, 3.63) is 65.4 Å². The minimum atomic E-state index is -0.306. The molecule has 27 heavy (non-hydrogen) atoms. The van der Waals surface area contributed by atoms with Crippen LogP contribution in [0.2, 0.25) is 0 Å². The highest BCUT2D eigenvalue weighted by Gasteiger charge is 2.14. The normalized spacial score (nSPS) is 11.5. The molecule has 1 aromatic heterocycles. The van der Waals surface area contributed by atoms with Gasteiger partial charge in [-0.2, -0.15) is 0 Å². The summed E-state index contributed by atoms with van der Waals surface area (Å²) < 4.78 is 6.18. The lowest BCUT2D eigenvalue weighted by molar-refractivity contribution is 0.0468. The van der Waals surface area contributed by atoms with Crippen molar-refractivity contribution in [3.63, 3.8) is 0 Å². The standard InChI is InChI=1S/C22H27N2O2.CH4/c1-15(2)17-8-11-21-18(12-17)13-19(23-21)14-26-22(25)16-6-9-20(10-7-16)24(3,4)5;/h6-13,15,23H,14H2,1-5H3;1H4/q+1;. The van der Waals surface area contributed by atoms with E-state index in [1.807, 2.05) is 24.3 Å². The van der Waals surface area contributed by atoms with Crippen molar-refractivity contribution in [2.75, 3.05) is 21.1 Å². The van der Waals surface area contributed by atoms with Crippen LogP contribution in [0.4, 0.5) is 5.69 Å². The first kappa shape index (κ1) is 20.7. The minimum Gasteiger partial charge on any atom is -0.456 e. The highest BCUT2D eigenvalue weighted by atomic mass is 16.5. The molecule has 144 valence electrons. The second-order valence-corrected chi connectivity index (χ2v) is 7.93. The number of esters is 1. The largest absolute Gasteiger partial charge is 0.456 e. The number of quaternary nitrogens is 1. The second-order valence-electron chi connectivity index (χ2n) is 7.93. The summed E-state index contributed by atoms with van der Waals surface area (Å²) in [6, 6.07) is 16.0. The van der Waals surface area contributed by atoms with Crippen molar-refractivity contribution in [1.29, 1.82) is 0 Å². The Bertz CT molecular complexity index is 916. The Balaban J connectivity index is 0.00000261. The van der Waals surface area contributed by atoms with Crippen molar-refractivity contribution in [2.24, 2.45) is 0 Å². The van der Waals surface area contributed by atoms with E-state index >= 15 is 0 Å². The van der Waals surface area contributed by atoms with Crippen molar-refractivity contribution in [1.82, 2.24) is 9.47 Å². The Morgan fingerprint density at radius 1 is 1.04 bits per heavy atom. The average Bonchev–Trinajstić information content (AvgIpc) is 3.01. The molecule has 4 heteroatoms. The van der Waals surface area contributed by atoms with Gasteiger partial charge in [0.05, 0.1) is 32.4 Å². The lowest BCUT2D eigenvalue weighted by Crippen LogP contribution is -2.34. The summed E-state index contributed by atoms with van der Waals surface area (Å²) in [4.78, 5) is 15.6. The molecule has 0 aliphatic rings. The molecule has 0 saturated heterocycles. The van der Waals surface area contributed by atoms with Gasteiger partial charge >= 0.3 is 5.97 Å². The van der Waals surface area contributed by atoms with Gasteiger partial charge in [0.1, 0.15) is 12.3 Å². The fraction of sp³-hybridized carbons (Fsp3) is 0.348. The molecule has 0 aliphatic carbocycles. The number of fused-ring (bicyclic) bond motifs is 1. The molecule has 0 saturated carbocycles. The fourth-order valence-electron chi connectivity index (χ4n) is 2.92. The van der Waals surface area contributed by atoms with Crippen LogP contribution in [0.3, 0.4) is 0 Å². The smallest absolute Gasteiger partial charge is 0.338 e. The average molecular weight is 368 g/mol. The molecule has 0 amide bonds. The van der Waals surface area contributed by atoms with Crippen LogP contribution in [-0.2, 0) is 11.3 Å². The number of aromatic amines is 1. The Hall–Kier alpha value is -2.59. The molecule has 0 unspecified atom stereocenters. The Labute approximate surface area is 162 Å². The van der Waals surface area contributed by atoms with E-state index in [-0.39, 0.29) is 20.0 Å². The fourth-order valence-corrected chi connectivity index (χ4v) is 2.92. The molecule has 4 nitrogen and oxygen atoms in total. The first-order valence-corrected chi connectivity index (χ1v) is 8.95. The van der Waals surface area contributed by atoms with Gasteiger partial charge in [0, 0.05) is 10.9 Å². The molecular formula is C23H31N2O2+. The number of hydrogen-bond donors (Lipinski definition) is 1. The number of aromatic nitrogens is 1. The maximum atomic E-state index is 12.3. The lowest BCUT2D eigenvalue weighted by Gasteiger charge is -2.23. The monoisotopic (exact) mass is 367 g/mol. The summed E-state index contributed by atoms with van der Waals surface area (Å²) in [5, 5.41) is 1.15. The van der Waals surface area contributed by atoms with Gasteiger partial charge < -0.3 is 9.72 Å². The molecule has 2 aromatic carbocycles. The summed E-state index contributed by atoms with van der Waals surface area (Å²) >= 11 is 0. The van der Waals surface area contributed by atoms with Crippen molar-refractivity contribution in [3.8, 4) is 0 Å². The Kier molecular flexibility index (Phi) is 6.11. The van der Waals surface area contributed by atoms with E-state index in [4.69, 9.17) is 4.74 Å². The molecule has 3 aromatic rings. The van der Waals surface area contributed by atoms with Crippen LogP contribution in [0.5, 0.6) is 0 Å². The molecule has 0 atom stereocenters. The van der Waals surface area contributed by atoms with Crippen LogP contribution in [0.1, 0.15) is 48.8 Å². The molecule has 0 fully saturated rings. The predicted molar refractivity (Wildman–Crippen MR) is 114 cm³/mol. The number of ether oxygens (including phenoxy) is 1. The van der Waals surface area contributed by atoms with Crippen LogP contribution in [0.25, 0.3) is 10.9 Å². The number of rotatable bonds is 5. The highest BCUT2D eigenvalue weighted by Crippen LogP contribution is 2.23. The number of nitrogens with zero attached hydrogens (tertiary/aromatic N) is 1. The van der Waals surface area contributed by atoms with Gasteiger partial charge in [-0.1, -0.05) is 27.3 Å². The van der Waals surface area contributed by atoms with Gasteiger partial charge in [0.15, 0.2) is 0 Å². The zero-order valence-electron chi connectivity index (χ0n) is 16.2. The summed E-state index contributed by atoms with van der Waals surface area (Å²) in [5.74, 6) is 0.185. The van der Waals surface area contributed by atoms with Gasteiger partial charge in [0.2, 0.25) is 0 Å². The molecule has 0 spiro atoms. The van der Waals surface area contributed by atoms with Crippen molar-refractivity contribution >= 4 is 22.6 Å². The number of H-pyrrole nitrogens is 1. The molecule has 1 heterocycles. The zero-order chi connectivity index (χ0) is 18.9. The van der Waals surface area contributed by atoms with Gasteiger partial charge in [-0.05, 0) is 53.9 Å². The highest BCUT2D eigenvalue weighted by molar-refractivity contribution is 5.89. The van der Waals surface area contributed by atoms with Gasteiger partial charge in [0.25, 0.3) is 0 Å². The van der Waals surface area contributed by atoms with Gasteiger partial charge in [-0.3, -0.25) is 4.48 Å². The third kappa shape index (κ3) is 4.77. The number of nitrogens with one attached hydrogen (secondary N) is 1. The topological polar surface area (TPSA) is 42.1 Å². The van der Waals surface area contributed by atoms with E-state index in [0.29, 0.717) is 16.0 Å². The summed E-state index contributed by atoms with van der Waals surface area (Å²) in [6.45, 7) is 4.60. The van der Waals surface area contributed by atoms with E-state index in [9.17, 15) is 4.79 Å². The summed E-state index contributed by atoms with van der Waals surface area (Å²) in [6.07, 6.45) is 0. The van der Waals surface area contributed by atoms with Gasteiger partial charge in [-0.15, -0.1) is 0 Å². The second kappa shape index (κ2) is 7.97. The van der Waals surface area contributed by atoms with Crippen LogP contribution in [0.15, 0.2) is 48.5 Å². The van der Waals surface area contributed by atoms with E-state index in [0.717, 1.165) is 22.3 Å². The third-order valence-electron chi connectivity index (χ3n) is 4.60. The zero-order valence-corrected chi connectivity index (χ0v) is 16.2. The molecule has 0 bridgehead atoms.